The molecule has 3 heteroatoms. The molecule has 0 saturated carbocycles. The van der Waals surface area contributed by atoms with E-state index in [1.165, 1.54) is 0 Å². The summed E-state index contributed by atoms with van der Waals surface area (Å²) in [5, 5.41) is 11.3. The highest BCUT2D eigenvalue weighted by Gasteiger charge is 2.19. The maximum atomic E-state index is 11.3. The zero-order valence-corrected chi connectivity index (χ0v) is 11.9. The van der Waals surface area contributed by atoms with Gasteiger partial charge in [0.1, 0.15) is 0 Å². The third-order valence-electron chi connectivity index (χ3n) is 3.46. The van der Waals surface area contributed by atoms with Crippen LogP contribution in [-0.2, 0) is 0 Å². The largest absolute Gasteiger partial charge is 0.259 e. The Hall–Kier alpha value is -2.42. The molecule has 0 N–H and O–H groups in total. The topological polar surface area (TPSA) is 43.1 Å². The van der Waals surface area contributed by atoms with Gasteiger partial charge in [-0.05, 0) is 36.1 Å². The van der Waals surface area contributed by atoms with Crippen LogP contribution in [0.3, 0.4) is 0 Å². The van der Waals surface area contributed by atoms with E-state index < -0.39 is 0 Å². The van der Waals surface area contributed by atoms with Crippen LogP contribution < -0.4 is 0 Å². The van der Waals surface area contributed by atoms with Crippen LogP contribution in [0.5, 0.6) is 0 Å². The van der Waals surface area contributed by atoms with E-state index in [9.17, 15) is 10.1 Å². The molecule has 2 rings (SSSR count). The molecule has 0 fully saturated rings. The first-order valence-corrected chi connectivity index (χ1v) is 6.49. The predicted molar refractivity (Wildman–Crippen MR) is 81.0 cm³/mol. The minimum atomic E-state index is -0.311. The van der Waals surface area contributed by atoms with Crippen LogP contribution in [0.25, 0.3) is 5.57 Å². The Balaban J connectivity index is 2.78. The van der Waals surface area contributed by atoms with Gasteiger partial charge >= 0.3 is 0 Å². The molecule has 0 heterocycles. The zero-order valence-electron chi connectivity index (χ0n) is 11.9. The standard InChI is InChI=1S/C17H17NO2/c1-12-8-4-6-10-15(12)17(14(3)18(19)20)16-11-7-5-9-13(16)2/h4-11H,1-3H3. The third-order valence-corrected chi connectivity index (χ3v) is 3.46. The first-order valence-electron chi connectivity index (χ1n) is 6.49. The van der Waals surface area contributed by atoms with Gasteiger partial charge in [0.25, 0.3) is 5.70 Å². The summed E-state index contributed by atoms with van der Waals surface area (Å²) in [6.07, 6.45) is 0. The van der Waals surface area contributed by atoms with E-state index >= 15 is 0 Å². The molecule has 0 aliphatic heterocycles. The number of hydrogen-bond donors (Lipinski definition) is 0. The van der Waals surface area contributed by atoms with Gasteiger partial charge in [-0.25, -0.2) is 0 Å². The van der Waals surface area contributed by atoms with Gasteiger partial charge in [0, 0.05) is 6.92 Å². The summed E-state index contributed by atoms with van der Waals surface area (Å²) in [7, 11) is 0. The van der Waals surface area contributed by atoms with E-state index in [0.717, 1.165) is 22.3 Å². The molecule has 0 unspecified atom stereocenters. The molecule has 0 bridgehead atoms. The Kier molecular flexibility index (Phi) is 3.99. The average molecular weight is 267 g/mol. The lowest BCUT2D eigenvalue weighted by Crippen LogP contribution is -2.03. The van der Waals surface area contributed by atoms with Crippen LogP contribution in [-0.4, -0.2) is 4.92 Å². The van der Waals surface area contributed by atoms with E-state index in [-0.39, 0.29) is 10.6 Å². The van der Waals surface area contributed by atoms with E-state index in [0.29, 0.717) is 5.57 Å². The van der Waals surface area contributed by atoms with Gasteiger partial charge in [0.2, 0.25) is 0 Å². The quantitative estimate of drug-likeness (QED) is 0.612. The molecule has 2 aromatic rings. The number of aryl methyl sites for hydroxylation is 2. The Morgan fingerprint density at radius 3 is 1.65 bits per heavy atom. The normalized spacial score (nSPS) is 10.2. The maximum Gasteiger partial charge on any atom is 0.251 e. The minimum Gasteiger partial charge on any atom is -0.259 e. The van der Waals surface area contributed by atoms with Crippen LogP contribution in [0.1, 0.15) is 29.2 Å². The minimum absolute atomic E-state index is 0.175. The van der Waals surface area contributed by atoms with Gasteiger partial charge in [-0.15, -0.1) is 0 Å². The molecule has 102 valence electrons. The lowest BCUT2D eigenvalue weighted by atomic mass is 9.90. The molecule has 2 aromatic carbocycles. The summed E-state index contributed by atoms with van der Waals surface area (Å²) >= 11 is 0. The van der Waals surface area contributed by atoms with Gasteiger partial charge < -0.3 is 0 Å². The van der Waals surface area contributed by atoms with Gasteiger partial charge in [0.15, 0.2) is 0 Å². The van der Waals surface area contributed by atoms with Crippen LogP contribution in [0.15, 0.2) is 54.2 Å². The lowest BCUT2D eigenvalue weighted by molar-refractivity contribution is -0.423. The fourth-order valence-electron chi connectivity index (χ4n) is 2.33. The molecular weight excluding hydrogens is 250 g/mol. The number of benzene rings is 2. The molecule has 20 heavy (non-hydrogen) atoms. The average Bonchev–Trinajstić information content (AvgIpc) is 2.43. The van der Waals surface area contributed by atoms with Crippen molar-refractivity contribution in [3.05, 3.63) is 86.6 Å². The summed E-state index contributed by atoms with van der Waals surface area (Å²) in [5.74, 6) is 0. The van der Waals surface area contributed by atoms with Gasteiger partial charge in [-0.1, -0.05) is 48.5 Å². The van der Waals surface area contributed by atoms with Crippen molar-refractivity contribution in [1.82, 2.24) is 0 Å². The number of hydrogen-bond acceptors (Lipinski definition) is 2. The van der Waals surface area contributed by atoms with Gasteiger partial charge in [-0.3, -0.25) is 10.1 Å². The van der Waals surface area contributed by atoms with E-state index in [2.05, 4.69) is 0 Å². The second-order valence-corrected chi connectivity index (χ2v) is 4.85. The second-order valence-electron chi connectivity index (χ2n) is 4.85. The van der Waals surface area contributed by atoms with Gasteiger partial charge in [-0.2, -0.15) is 0 Å². The summed E-state index contributed by atoms with van der Waals surface area (Å²) in [6.45, 7) is 5.51. The Morgan fingerprint density at radius 2 is 1.30 bits per heavy atom. The van der Waals surface area contributed by atoms with Crippen molar-refractivity contribution < 1.29 is 4.92 Å². The molecule has 3 nitrogen and oxygen atoms in total. The van der Waals surface area contributed by atoms with Crippen LogP contribution in [0, 0.1) is 24.0 Å². The summed E-state index contributed by atoms with van der Waals surface area (Å²) < 4.78 is 0. The van der Waals surface area contributed by atoms with Crippen molar-refractivity contribution in [3.8, 4) is 0 Å². The van der Waals surface area contributed by atoms with Crippen LogP contribution in [0.4, 0.5) is 0 Å². The molecule has 0 amide bonds. The van der Waals surface area contributed by atoms with Crippen LogP contribution >= 0.6 is 0 Å². The number of nitrogens with zero attached hydrogens (tertiary/aromatic N) is 1. The van der Waals surface area contributed by atoms with E-state index in [1.807, 2.05) is 62.4 Å². The van der Waals surface area contributed by atoms with E-state index in [1.54, 1.807) is 6.92 Å². The summed E-state index contributed by atoms with van der Waals surface area (Å²) in [5.41, 5.74) is 4.77. The van der Waals surface area contributed by atoms with Crippen molar-refractivity contribution in [2.75, 3.05) is 0 Å². The van der Waals surface area contributed by atoms with Crippen molar-refractivity contribution in [1.29, 1.82) is 0 Å². The van der Waals surface area contributed by atoms with Crippen molar-refractivity contribution in [2.45, 2.75) is 20.8 Å². The highest BCUT2D eigenvalue weighted by molar-refractivity contribution is 5.83. The fourth-order valence-corrected chi connectivity index (χ4v) is 2.33. The SMILES string of the molecule is CC(=C(c1ccccc1C)c1ccccc1C)[N+](=O)[O-]. The number of allylic oxidation sites excluding steroid dienone is 1. The molecule has 0 spiro atoms. The first-order chi connectivity index (χ1) is 9.52. The van der Waals surface area contributed by atoms with E-state index in [4.69, 9.17) is 0 Å². The number of nitro groups is 1. The van der Waals surface area contributed by atoms with Crippen molar-refractivity contribution >= 4 is 5.57 Å². The monoisotopic (exact) mass is 267 g/mol. The smallest absolute Gasteiger partial charge is 0.251 e. The first kappa shape index (κ1) is 14.0. The molecule has 0 aromatic heterocycles. The molecular formula is C17H17NO2. The molecule has 0 saturated heterocycles. The highest BCUT2D eigenvalue weighted by Crippen LogP contribution is 2.31. The van der Waals surface area contributed by atoms with Crippen molar-refractivity contribution in [3.63, 3.8) is 0 Å². The molecule has 0 aliphatic carbocycles. The second kappa shape index (κ2) is 5.70. The molecule has 0 atom stereocenters. The maximum absolute atomic E-state index is 11.3. The Bertz CT molecular complexity index is 639. The Labute approximate surface area is 118 Å². The summed E-state index contributed by atoms with van der Waals surface area (Å²) in [6, 6.07) is 15.5. The van der Waals surface area contributed by atoms with Crippen molar-refractivity contribution in [2.24, 2.45) is 0 Å². The number of rotatable bonds is 3. The highest BCUT2D eigenvalue weighted by atomic mass is 16.6. The molecule has 0 radical (unpaired) electrons. The zero-order chi connectivity index (χ0) is 14.7. The fraction of sp³-hybridized carbons (Fsp3) is 0.176. The molecule has 0 aliphatic rings. The van der Waals surface area contributed by atoms with Gasteiger partial charge in [0.05, 0.1) is 10.5 Å². The lowest BCUT2D eigenvalue weighted by Gasteiger charge is -2.13. The summed E-state index contributed by atoms with van der Waals surface area (Å²) in [4.78, 5) is 10.9. The van der Waals surface area contributed by atoms with Crippen LogP contribution in [0.2, 0.25) is 0 Å². The predicted octanol–water partition coefficient (Wildman–Crippen LogP) is 4.36. The Morgan fingerprint density at radius 1 is 0.900 bits per heavy atom. The third kappa shape index (κ3) is 2.62.